The van der Waals surface area contributed by atoms with Gasteiger partial charge >= 0.3 is 0 Å². The standard InChI is InChI=1S/C31H40N6O3/c1-21-5-6-22(2)29(33-23(3)17-21)36-12-9-31(10-13-36)30(38)37(14-11-32-31)20-26-25(19-35(4)34-26)24-7-8-27-28(18-24)40-16-15-39-27/h7-8,17-19,22,32H,3,5-6,9-16,20H2,1-2,4H3/b21-17-,33-29?. The average Bonchev–Trinajstić information content (AvgIpc) is 3.32. The minimum atomic E-state index is -0.542. The first-order chi connectivity index (χ1) is 19.3. The van der Waals surface area contributed by atoms with Gasteiger partial charge < -0.3 is 24.6 Å². The first kappa shape index (κ1) is 26.6. The number of carbonyl (C=O) groups excluding carboxylic acids is 1. The molecule has 0 bridgehead atoms. The number of carbonyl (C=O) groups is 1. The molecule has 1 unspecified atom stereocenters. The number of nitrogens with zero attached hydrogens (tertiary/aromatic N) is 5. The van der Waals surface area contributed by atoms with Crippen LogP contribution in [0.25, 0.3) is 11.1 Å². The van der Waals surface area contributed by atoms with Crippen molar-refractivity contribution >= 4 is 11.7 Å². The van der Waals surface area contributed by atoms with Gasteiger partial charge in [-0.15, -0.1) is 0 Å². The minimum absolute atomic E-state index is 0.174. The summed E-state index contributed by atoms with van der Waals surface area (Å²) in [6.45, 7) is 13.2. The Balaban J connectivity index is 1.17. The third-order valence-electron chi connectivity index (χ3n) is 8.67. The molecule has 5 heterocycles. The van der Waals surface area contributed by atoms with Crippen molar-refractivity contribution in [2.24, 2.45) is 18.0 Å². The molecule has 2 fully saturated rings. The summed E-state index contributed by atoms with van der Waals surface area (Å²) in [5.74, 6) is 3.17. The number of aryl methyl sites for hydroxylation is 1. The number of amides is 1. The fourth-order valence-corrected chi connectivity index (χ4v) is 6.45. The number of allylic oxidation sites excluding steroid dienone is 2. The molecule has 2 saturated heterocycles. The van der Waals surface area contributed by atoms with Gasteiger partial charge in [-0.2, -0.15) is 5.10 Å². The molecule has 9 heteroatoms. The molecule has 1 spiro atoms. The van der Waals surface area contributed by atoms with E-state index in [0.717, 1.165) is 85.2 Å². The normalized spacial score (nSPS) is 24.3. The Kier molecular flexibility index (Phi) is 7.16. The molecule has 1 aromatic carbocycles. The van der Waals surface area contributed by atoms with Crippen molar-refractivity contribution in [1.29, 1.82) is 0 Å². The van der Waals surface area contributed by atoms with E-state index >= 15 is 0 Å². The van der Waals surface area contributed by atoms with Gasteiger partial charge in [0.2, 0.25) is 5.91 Å². The number of amidine groups is 1. The second kappa shape index (κ2) is 10.8. The summed E-state index contributed by atoms with van der Waals surface area (Å²) < 4.78 is 13.3. The SMILES string of the molecule is C=C1/C=C(/C)CCC(C)C(N2CCC3(CC2)NCCN(Cc2nn(C)cc2-c2ccc4c(c2)OCCO4)C3=O)=N1. The van der Waals surface area contributed by atoms with E-state index in [9.17, 15) is 4.79 Å². The van der Waals surface area contributed by atoms with Crippen LogP contribution in [-0.2, 0) is 18.4 Å². The maximum atomic E-state index is 14.0. The van der Waals surface area contributed by atoms with Crippen molar-refractivity contribution in [3.8, 4) is 22.6 Å². The summed E-state index contributed by atoms with van der Waals surface area (Å²) in [5.41, 5.74) is 4.52. The molecule has 6 rings (SSSR count). The van der Waals surface area contributed by atoms with E-state index in [1.165, 1.54) is 5.57 Å². The summed E-state index contributed by atoms with van der Waals surface area (Å²) >= 11 is 0. The van der Waals surface area contributed by atoms with Crippen LogP contribution in [0.15, 0.2) is 53.3 Å². The zero-order valence-corrected chi connectivity index (χ0v) is 23.9. The Hall–Kier alpha value is -3.59. The number of rotatable bonds is 3. The molecule has 2 aromatic rings. The van der Waals surface area contributed by atoms with Crippen molar-refractivity contribution in [3.63, 3.8) is 0 Å². The van der Waals surface area contributed by atoms with Crippen LogP contribution in [0.5, 0.6) is 11.5 Å². The molecule has 0 aliphatic carbocycles. The molecule has 4 aliphatic rings. The van der Waals surface area contributed by atoms with Crippen molar-refractivity contribution in [3.05, 3.63) is 54.0 Å². The second-order valence-corrected chi connectivity index (χ2v) is 11.6. The van der Waals surface area contributed by atoms with Crippen LogP contribution in [0, 0.1) is 5.92 Å². The second-order valence-electron chi connectivity index (χ2n) is 11.6. The Labute approximate surface area is 236 Å². The third-order valence-corrected chi connectivity index (χ3v) is 8.67. The van der Waals surface area contributed by atoms with E-state index in [1.807, 2.05) is 41.0 Å². The Morgan fingerprint density at radius 3 is 2.73 bits per heavy atom. The number of nitrogens with one attached hydrogen (secondary N) is 1. The predicted octanol–water partition coefficient (Wildman–Crippen LogP) is 3.91. The molecule has 40 heavy (non-hydrogen) atoms. The smallest absolute Gasteiger partial charge is 0.243 e. The summed E-state index contributed by atoms with van der Waals surface area (Å²) in [4.78, 5) is 23.3. The van der Waals surface area contributed by atoms with Crippen molar-refractivity contribution in [1.82, 2.24) is 24.9 Å². The zero-order valence-electron chi connectivity index (χ0n) is 23.9. The van der Waals surface area contributed by atoms with E-state index < -0.39 is 5.54 Å². The summed E-state index contributed by atoms with van der Waals surface area (Å²) in [6, 6.07) is 6.00. The number of ether oxygens (including phenoxy) is 2. The molecule has 0 saturated carbocycles. The molecule has 0 radical (unpaired) electrons. The largest absolute Gasteiger partial charge is 0.486 e. The lowest BCUT2D eigenvalue weighted by Gasteiger charge is -2.48. The highest BCUT2D eigenvalue weighted by Gasteiger charge is 2.46. The van der Waals surface area contributed by atoms with Crippen LogP contribution in [0.3, 0.4) is 0 Å². The topological polar surface area (TPSA) is 84.2 Å². The van der Waals surface area contributed by atoms with Gasteiger partial charge in [0.05, 0.1) is 17.9 Å². The maximum Gasteiger partial charge on any atom is 0.243 e. The van der Waals surface area contributed by atoms with E-state index in [4.69, 9.17) is 19.6 Å². The molecular formula is C31H40N6O3. The number of aromatic nitrogens is 2. The number of benzene rings is 1. The van der Waals surface area contributed by atoms with E-state index in [0.29, 0.717) is 32.2 Å². The highest BCUT2D eigenvalue weighted by molar-refractivity contribution is 5.89. The van der Waals surface area contributed by atoms with Gasteiger partial charge in [0.1, 0.15) is 24.6 Å². The number of fused-ring (bicyclic) bond motifs is 1. The summed E-state index contributed by atoms with van der Waals surface area (Å²) in [5, 5.41) is 8.38. The number of aliphatic imine (C=N–C) groups is 1. The Bertz CT molecular complexity index is 1370. The fraction of sp³-hybridized carbons (Fsp3) is 0.516. The fourth-order valence-electron chi connectivity index (χ4n) is 6.45. The van der Waals surface area contributed by atoms with Gasteiger partial charge in [0.25, 0.3) is 0 Å². The molecule has 4 aliphatic heterocycles. The van der Waals surface area contributed by atoms with Crippen LogP contribution in [-0.4, -0.2) is 76.3 Å². The summed E-state index contributed by atoms with van der Waals surface area (Å²) in [7, 11) is 1.92. The molecule has 1 aromatic heterocycles. The Morgan fingerprint density at radius 1 is 1.15 bits per heavy atom. The Morgan fingerprint density at radius 2 is 1.93 bits per heavy atom. The van der Waals surface area contributed by atoms with Gasteiger partial charge in [0.15, 0.2) is 11.5 Å². The lowest BCUT2D eigenvalue weighted by Crippen LogP contribution is -2.67. The maximum absolute atomic E-state index is 14.0. The quantitative estimate of drug-likeness (QED) is 0.631. The highest BCUT2D eigenvalue weighted by Crippen LogP contribution is 2.36. The van der Waals surface area contributed by atoms with Crippen LogP contribution >= 0.6 is 0 Å². The van der Waals surface area contributed by atoms with Crippen LogP contribution in [0.4, 0.5) is 0 Å². The number of piperidine rings is 1. The molecular weight excluding hydrogens is 504 g/mol. The molecule has 1 atom stereocenters. The van der Waals surface area contributed by atoms with Crippen molar-refractivity contribution in [2.75, 3.05) is 39.4 Å². The van der Waals surface area contributed by atoms with Crippen molar-refractivity contribution < 1.29 is 14.3 Å². The van der Waals surface area contributed by atoms with E-state index in [2.05, 4.69) is 36.7 Å². The van der Waals surface area contributed by atoms with Gasteiger partial charge in [0, 0.05) is 50.9 Å². The first-order valence-corrected chi connectivity index (χ1v) is 14.5. The van der Waals surface area contributed by atoms with Gasteiger partial charge in [-0.1, -0.05) is 25.1 Å². The predicted molar refractivity (Wildman–Crippen MR) is 155 cm³/mol. The van der Waals surface area contributed by atoms with Crippen molar-refractivity contribution in [2.45, 2.75) is 51.6 Å². The van der Waals surface area contributed by atoms with Crippen LogP contribution < -0.4 is 14.8 Å². The molecule has 9 nitrogen and oxygen atoms in total. The van der Waals surface area contributed by atoms with Gasteiger partial charge in [-0.3, -0.25) is 9.48 Å². The lowest BCUT2D eigenvalue weighted by molar-refractivity contribution is -0.144. The number of likely N-dealkylation sites (tertiary alicyclic amines) is 1. The van der Waals surface area contributed by atoms with E-state index in [-0.39, 0.29) is 5.91 Å². The summed E-state index contributed by atoms with van der Waals surface area (Å²) in [6.07, 6.45) is 7.77. The molecule has 212 valence electrons. The first-order valence-electron chi connectivity index (χ1n) is 14.5. The number of piperazine rings is 1. The molecule has 1 amide bonds. The van der Waals surface area contributed by atoms with Gasteiger partial charge in [-0.05, 0) is 56.4 Å². The third kappa shape index (κ3) is 5.14. The molecule has 1 N–H and O–H groups in total. The highest BCUT2D eigenvalue weighted by atomic mass is 16.6. The van der Waals surface area contributed by atoms with Crippen LogP contribution in [0.1, 0.15) is 45.2 Å². The lowest BCUT2D eigenvalue weighted by atomic mass is 9.83. The van der Waals surface area contributed by atoms with E-state index in [1.54, 1.807) is 0 Å². The van der Waals surface area contributed by atoms with Gasteiger partial charge in [-0.25, -0.2) is 4.99 Å². The monoisotopic (exact) mass is 544 g/mol. The minimum Gasteiger partial charge on any atom is -0.486 e. The van der Waals surface area contributed by atoms with Crippen LogP contribution in [0.2, 0.25) is 0 Å². The average molecular weight is 545 g/mol. The number of hydrogen-bond donors (Lipinski definition) is 1. The zero-order chi connectivity index (χ0) is 27.9. The number of hydrogen-bond acceptors (Lipinski definition) is 7.